The van der Waals surface area contributed by atoms with Gasteiger partial charge in [0.15, 0.2) is 0 Å². The number of aryl methyl sites for hydroxylation is 1. The Morgan fingerprint density at radius 3 is 1.14 bits per heavy atom. The maximum Gasteiger partial charge on any atom is 0.119 e. The first-order chi connectivity index (χ1) is 29.0. The largest absolute Gasteiger partial charge is 0.494 e. The Labute approximate surface area is 358 Å². The number of benzene rings is 6. The van der Waals surface area contributed by atoms with Crippen molar-refractivity contribution >= 4 is 18.4 Å². The molecule has 0 bridgehead atoms. The van der Waals surface area contributed by atoms with Crippen molar-refractivity contribution in [1.29, 1.82) is 0 Å². The Balaban J connectivity index is 1.16. The average Bonchev–Trinajstić information content (AvgIpc) is 3.55. The Bertz CT molecular complexity index is 2180. The van der Waals surface area contributed by atoms with E-state index in [1.165, 1.54) is 157 Å². The van der Waals surface area contributed by atoms with Crippen LogP contribution in [0, 0.1) is 6.92 Å². The van der Waals surface area contributed by atoms with E-state index in [0.29, 0.717) is 0 Å². The van der Waals surface area contributed by atoms with E-state index in [-0.39, 0.29) is 0 Å². The second kappa shape index (κ2) is 21.0. The van der Waals surface area contributed by atoms with Crippen molar-refractivity contribution in [2.75, 3.05) is 6.61 Å². The van der Waals surface area contributed by atoms with Crippen molar-refractivity contribution < 1.29 is 4.74 Å². The summed E-state index contributed by atoms with van der Waals surface area (Å²) in [4.78, 5) is 0. The van der Waals surface area contributed by atoms with Gasteiger partial charge < -0.3 is 4.74 Å². The second-order valence-corrected chi connectivity index (χ2v) is 21.6. The molecule has 1 heterocycles. The SMILES string of the molecule is CCCCCCCCOc1ccc(-c2ccc(-c3ccc4c(c3)[Si](CCCCCC)(CCCCCC)c3cc(-c5ccc(-c6ccc(C)cc6)cc5)ccc3-4)cc2)cc1. The molecule has 1 nitrogen and oxygen atoms in total. The lowest BCUT2D eigenvalue weighted by Crippen LogP contribution is -2.55. The lowest BCUT2D eigenvalue weighted by Gasteiger charge is -2.31. The highest BCUT2D eigenvalue weighted by atomic mass is 28.3. The lowest BCUT2D eigenvalue weighted by atomic mass is 9.96. The van der Waals surface area contributed by atoms with Crippen molar-refractivity contribution in [3.05, 3.63) is 139 Å². The van der Waals surface area contributed by atoms with Gasteiger partial charge in [-0.2, -0.15) is 0 Å². The summed E-state index contributed by atoms with van der Waals surface area (Å²) in [5.74, 6) is 0.971. The number of unbranched alkanes of at least 4 members (excludes halogenated alkanes) is 11. The zero-order chi connectivity index (χ0) is 40.9. The van der Waals surface area contributed by atoms with Gasteiger partial charge in [-0.3, -0.25) is 0 Å². The highest BCUT2D eigenvalue weighted by molar-refractivity contribution is 7.05. The minimum absolute atomic E-state index is 0.803. The van der Waals surface area contributed by atoms with E-state index in [1.807, 2.05) is 0 Å². The summed E-state index contributed by atoms with van der Waals surface area (Å²) in [5, 5.41) is 3.37. The van der Waals surface area contributed by atoms with Gasteiger partial charge in [0.05, 0.1) is 6.61 Å². The highest BCUT2D eigenvalue weighted by Crippen LogP contribution is 2.39. The molecule has 0 aliphatic carbocycles. The molecule has 0 unspecified atom stereocenters. The molecule has 0 radical (unpaired) electrons. The molecule has 59 heavy (non-hydrogen) atoms. The summed E-state index contributed by atoms with van der Waals surface area (Å²) in [7, 11) is -2.07. The van der Waals surface area contributed by atoms with Gasteiger partial charge in [0.25, 0.3) is 0 Å². The van der Waals surface area contributed by atoms with Crippen LogP contribution in [0.4, 0.5) is 0 Å². The summed E-state index contributed by atoms with van der Waals surface area (Å²) in [5.41, 5.74) is 14.7. The predicted octanol–water partition coefficient (Wildman–Crippen LogP) is 16.1. The molecule has 0 aromatic heterocycles. The van der Waals surface area contributed by atoms with Gasteiger partial charge in [0.2, 0.25) is 0 Å². The molecular weight excluding hydrogens is 729 g/mol. The van der Waals surface area contributed by atoms with E-state index in [1.54, 1.807) is 10.4 Å². The maximum atomic E-state index is 6.08. The van der Waals surface area contributed by atoms with Crippen LogP contribution in [-0.2, 0) is 0 Å². The van der Waals surface area contributed by atoms with E-state index in [9.17, 15) is 0 Å². The summed E-state index contributed by atoms with van der Waals surface area (Å²) < 4.78 is 6.08. The molecule has 0 fully saturated rings. The molecule has 0 atom stereocenters. The van der Waals surface area contributed by atoms with Crippen molar-refractivity contribution in [2.45, 2.75) is 130 Å². The van der Waals surface area contributed by atoms with Gasteiger partial charge in [0.1, 0.15) is 13.8 Å². The van der Waals surface area contributed by atoms with E-state index >= 15 is 0 Å². The molecule has 0 saturated carbocycles. The Morgan fingerprint density at radius 2 is 0.695 bits per heavy atom. The molecule has 1 aliphatic heterocycles. The fourth-order valence-corrected chi connectivity index (χ4v) is 15.2. The van der Waals surface area contributed by atoms with E-state index in [4.69, 9.17) is 4.74 Å². The van der Waals surface area contributed by atoms with Crippen LogP contribution in [0.25, 0.3) is 55.6 Å². The van der Waals surface area contributed by atoms with Crippen LogP contribution in [0.3, 0.4) is 0 Å². The van der Waals surface area contributed by atoms with E-state index < -0.39 is 8.07 Å². The lowest BCUT2D eigenvalue weighted by molar-refractivity contribution is 0.304. The third-order valence-corrected chi connectivity index (χ3v) is 18.4. The third-order valence-electron chi connectivity index (χ3n) is 13.1. The molecule has 306 valence electrons. The van der Waals surface area contributed by atoms with Crippen LogP contribution in [0.2, 0.25) is 12.1 Å². The fraction of sp³-hybridized carbons (Fsp3) is 0.368. The van der Waals surface area contributed by atoms with Gasteiger partial charge in [-0.25, -0.2) is 0 Å². The standard InChI is InChI=1S/C57H68OSi/c1-5-8-11-14-15-16-39-58-53-35-31-48(32-36-53)47-25-29-50(30-26-47)52-34-38-55-54-37-33-51(49-27-23-46(24-28-49)45-21-19-44(4)20-22-45)42-56(54)59(57(55)43-52,40-17-12-9-6-2)41-18-13-10-7-3/h19-38,42-43H,5-18,39-41H2,1-4H3. The number of fused-ring (bicyclic) bond motifs is 3. The summed E-state index contributed by atoms with van der Waals surface area (Å²) >= 11 is 0. The van der Waals surface area contributed by atoms with Crippen LogP contribution in [-0.4, -0.2) is 14.7 Å². The maximum absolute atomic E-state index is 6.08. The van der Waals surface area contributed by atoms with Crippen LogP contribution in [0.5, 0.6) is 5.75 Å². The first kappa shape index (κ1) is 42.5. The van der Waals surface area contributed by atoms with Gasteiger partial charge in [-0.15, -0.1) is 0 Å². The van der Waals surface area contributed by atoms with Crippen LogP contribution >= 0.6 is 0 Å². The monoisotopic (exact) mass is 797 g/mol. The second-order valence-electron chi connectivity index (χ2n) is 17.4. The van der Waals surface area contributed by atoms with E-state index in [2.05, 4.69) is 161 Å². The quantitative estimate of drug-likeness (QED) is 0.0491. The van der Waals surface area contributed by atoms with Gasteiger partial charge in [-0.1, -0.05) is 231 Å². The minimum Gasteiger partial charge on any atom is -0.494 e. The van der Waals surface area contributed by atoms with Crippen LogP contribution in [0.15, 0.2) is 133 Å². The molecule has 0 N–H and O–H groups in total. The van der Waals surface area contributed by atoms with Gasteiger partial charge in [0, 0.05) is 0 Å². The Morgan fingerprint density at radius 1 is 0.356 bits per heavy atom. The highest BCUT2D eigenvalue weighted by Gasteiger charge is 2.44. The van der Waals surface area contributed by atoms with Crippen LogP contribution < -0.4 is 15.1 Å². The Hall–Kier alpha value is -4.66. The van der Waals surface area contributed by atoms with E-state index in [0.717, 1.165) is 18.8 Å². The zero-order valence-corrected chi connectivity index (χ0v) is 37.6. The topological polar surface area (TPSA) is 9.23 Å². The van der Waals surface area contributed by atoms with Crippen molar-refractivity contribution in [3.8, 4) is 61.4 Å². The summed E-state index contributed by atoms with van der Waals surface area (Å²) in [6.45, 7) is 9.91. The molecule has 0 amide bonds. The number of hydrogen-bond acceptors (Lipinski definition) is 1. The van der Waals surface area contributed by atoms with Crippen LogP contribution in [0.1, 0.15) is 116 Å². The van der Waals surface area contributed by atoms with Gasteiger partial charge >= 0.3 is 0 Å². The molecule has 0 saturated heterocycles. The first-order valence-corrected chi connectivity index (χ1v) is 25.7. The molecule has 7 rings (SSSR count). The Kier molecular flexibility index (Phi) is 15.1. The number of rotatable bonds is 22. The summed E-state index contributed by atoms with van der Waals surface area (Å²) in [6.07, 6.45) is 18.2. The molecule has 6 aromatic rings. The molecular formula is C57H68OSi. The minimum atomic E-state index is -2.07. The molecule has 1 aliphatic rings. The first-order valence-electron chi connectivity index (χ1n) is 23.3. The van der Waals surface area contributed by atoms with Crippen molar-refractivity contribution in [3.63, 3.8) is 0 Å². The van der Waals surface area contributed by atoms with Crippen molar-refractivity contribution in [1.82, 2.24) is 0 Å². The average molecular weight is 797 g/mol. The zero-order valence-electron chi connectivity index (χ0n) is 36.6. The third kappa shape index (κ3) is 10.4. The fourth-order valence-electron chi connectivity index (χ4n) is 9.50. The molecule has 2 heteroatoms. The normalized spacial score (nSPS) is 12.7. The number of hydrogen-bond donors (Lipinski definition) is 0. The smallest absolute Gasteiger partial charge is 0.119 e. The molecule has 0 spiro atoms. The summed E-state index contributed by atoms with van der Waals surface area (Å²) in [6, 6.07) is 53.9. The van der Waals surface area contributed by atoms with Crippen molar-refractivity contribution in [2.24, 2.45) is 0 Å². The van der Waals surface area contributed by atoms with Gasteiger partial charge in [-0.05, 0) is 104 Å². The molecule has 6 aromatic carbocycles. The predicted molar refractivity (Wildman–Crippen MR) is 260 cm³/mol. The number of ether oxygens (including phenoxy) is 1.